The van der Waals surface area contributed by atoms with Crippen molar-refractivity contribution in [2.24, 2.45) is 0 Å². The van der Waals surface area contributed by atoms with Crippen LogP contribution in [0.3, 0.4) is 0 Å². The third-order valence-electron chi connectivity index (χ3n) is 1.91. The lowest BCUT2D eigenvalue weighted by Gasteiger charge is -2.12. The Bertz CT molecular complexity index is 328. The Hall–Kier alpha value is -0.770. The first-order valence-corrected chi connectivity index (χ1v) is 5.82. The Morgan fingerprint density at radius 1 is 1.50 bits per heavy atom. The first-order valence-electron chi connectivity index (χ1n) is 4.10. The predicted molar refractivity (Wildman–Crippen MR) is 53.6 cm³/mol. The van der Waals surface area contributed by atoms with Crippen LogP contribution in [0.25, 0.3) is 0 Å². The lowest BCUT2D eigenvalue weighted by atomic mass is 10.4. The highest BCUT2D eigenvalue weighted by atomic mass is 31.2. The van der Waals surface area contributed by atoms with Crippen LogP contribution in [0.4, 0.5) is 5.69 Å². The number of hydrogen-bond donors (Lipinski definition) is 1. The highest BCUT2D eigenvalue weighted by Gasteiger charge is 2.25. The molecule has 0 atom stereocenters. The molecule has 1 aromatic rings. The summed E-state index contributed by atoms with van der Waals surface area (Å²) in [5.41, 5.74) is 0.791. The zero-order valence-corrected chi connectivity index (χ0v) is 9.34. The van der Waals surface area contributed by atoms with Gasteiger partial charge >= 0.3 is 7.60 Å². The zero-order chi connectivity index (χ0) is 10.6. The molecule has 6 heteroatoms. The quantitative estimate of drug-likeness (QED) is 0.770. The molecular formula is C8H14NO4P. The number of hydrogen-bond acceptors (Lipinski definition) is 5. The summed E-state index contributed by atoms with van der Waals surface area (Å²) in [5, 5.41) is 2.92. The van der Waals surface area contributed by atoms with Crippen molar-refractivity contribution >= 4 is 13.3 Å². The van der Waals surface area contributed by atoms with Gasteiger partial charge in [-0.1, -0.05) is 0 Å². The van der Waals surface area contributed by atoms with Crippen molar-refractivity contribution in [3.63, 3.8) is 0 Å². The topological polar surface area (TPSA) is 60.7 Å². The maximum atomic E-state index is 11.8. The SMILES string of the molecule is CNc1ccoc1CP(=O)(OC)OC. The summed E-state index contributed by atoms with van der Waals surface area (Å²) in [6.07, 6.45) is 1.65. The molecule has 0 spiro atoms. The van der Waals surface area contributed by atoms with Crippen LogP contribution in [0, 0.1) is 0 Å². The molecular weight excluding hydrogens is 205 g/mol. The van der Waals surface area contributed by atoms with Crippen LogP contribution in [0.2, 0.25) is 0 Å². The van der Waals surface area contributed by atoms with Crippen molar-refractivity contribution in [1.29, 1.82) is 0 Å². The average Bonchev–Trinajstić information content (AvgIpc) is 2.65. The fourth-order valence-electron chi connectivity index (χ4n) is 1.07. The maximum Gasteiger partial charge on any atom is 0.337 e. The van der Waals surface area contributed by atoms with Crippen LogP contribution in [0.1, 0.15) is 5.76 Å². The van der Waals surface area contributed by atoms with E-state index in [9.17, 15) is 4.57 Å². The summed E-state index contributed by atoms with van der Waals surface area (Å²) < 4.78 is 26.5. The van der Waals surface area contributed by atoms with Crippen LogP contribution in [-0.2, 0) is 19.8 Å². The number of anilines is 1. The van der Waals surface area contributed by atoms with Crippen molar-refractivity contribution in [3.05, 3.63) is 18.1 Å². The van der Waals surface area contributed by atoms with E-state index < -0.39 is 7.60 Å². The van der Waals surface area contributed by atoms with Crippen molar-refractivity contribution in [3.8, 4) is 0 Å². The van der Waals surface area contributed by atoms with Crippen molar-refractivity contribution in [2.75, 3.05) is 26.6 Å². The van der Waals surface area contributed by atoms with E-state index in [1.54, 1.807) is 13.1 Å². The van der Waals surface area contributed by atoms with Crippen molar-refractivity contribution in [1.82, 2.24) is 0 Å². The average molecular weight is 219 g/mol. The van der Waals surface area contributed by atoms with Gasteiger partial charge < -0.3 is 18.8 Å². The second-order valence-corrected chi connectivity index (χ2v) is 4.91. The summed E-state index contributed by atoms with van der Waals surface area (Å²) in [7, 11) is 1.43. The number of rotatable bonds is 5. The van der Waals surface area contributed by atoms with E-state index >= 15 is 0 Å². The minimum absolute atomic E-state index is 0.128. The maximum absolute atomic E-state index is 11.8. The summed E-state index contributed by atoms with van der Waals surface area (Å²) >= 11 is 0. The van der Waals surface area contributed by atoms with Crippen molar-refractivity contribution < 1.29 is 18.0 Å². The third-order valence-corrected chi connectivity index (χ3v) is 3.70. The molecule has 0 aliphatic rings. The second kappa shape index (κ2) is 4.64. The fraction of sp³-hybridized carbons (Fsp3) is 0.500. The molecule has 0 aliphatic heterocycles. The molecule has 0 bridgehead atoms. The van der Waals surface area contributed by atoms with Gasteiger partial charge in [0.1, 0.15) is 11.9 Å². The van der Waals surface area contributed by atoms with Gasteiger partial charge in [-0.05, 0) is 6.07 Å². The molecule has 0 amide bonds. The Labute approximate surface area is 82.9 Å². The summed E-state index contributed by atoms with van der Waals surface area (Å²) in [4.78, 5) is 0. The smallest absolute Gasteiger partial charge is 0.337 e. The second-order valence-electron chi connectivity index (χ2n) is 2.64. The molecule has 0 aromatic carbocycles. The fourth-order valence-corrected chi connectivity index (χ4v) is 2.07. The minimum atomic E-state index is -3.04. The molecule has 0 saturated carbocycles. The van der Waals surface area contributed by atoms with Crippen LogP contribution >= 0.6 is 7.60 Å². The molecule has 1 aromatic heterocycles. The van der Waals surface area contributed by atoms with Crippen LogP contribution < -0.4 is 5.32 Å². The van der Waals surface area contributed by atoms with Gasteiger partial charge in [-0.15, -0.1) is 0 Å². The van der Waals surface area contributed by atoms with Crippen molar-refractivity contribution in [2.45, 2.75) is 6.16 Å². The van der Waals surface area contributed by atoms with Crippen LogP contribution in [0.5, 0.6) is 0 Å². The minimum Gasteiger partial charge on any atom is -0.466 e. The predicted octanol–water partition coefficient (Wildman–Crippen LogP) is 2.31. The number of furan rings is 1. The van der Waals surface area contributed by atoms with Gasteiger partial charge in [-0.25, -0.2) is 0 Å². The van der Waals surface area contributed by atoms with E-state index in [0.717, 1.165) is 5.69 Å². The Morgan fingerprint density at radius 3 is 2.64 bits per heavy atom. The monoisotopic (exact) mass is 219 g/mol. The molecule has 5 nitrogen and oxygen atoms in total. The largest absolute Gasteiger partial charge is 0.466 e. The highest BCUT2D eigenvalue weighted by Crippen LogP contribution is 2.50. The van der Waals surface area contributed by atoms with Gasteiger partial charge in [0.05, 0.1) is 12.0 Å². The van der Waals surface area contributed by atoms with E-state index in [2.05, 4.69) is 5.32 Å². The molecule has 0 radical (unpaired) electrons. The number of nitrogens with one attached hydrogen (secondary N) is 1. The lowest BCUT2D eigenvalue weighted by molar-refractivity contribution is 0.272. The van der Waals surface area contributed by atoms with Crippen LogP contribution in [-0.4, -0.2) is 21.3 Å². The molecule has 0 fully saturated rings. The Morgan fingerprint density at radius 2 is 2.14 bits per heavy atom. The van der Waals surface area contributed by atoms with Gasteiger partial charge in [0.15, 0.2) is 0 Å². The summed E-state index contributed by atoms with van der Waals surface area (Å²) in [6, 6.07) is 1.75. The molecule has 14 heavy (non-hydrogen) atoms. The Kier molecular flexibility index (Phi) is 3.75. The molecule has 0 saturated heterocycles. The molecule has 0 unspecified atom stereocenters. The van der Waals surface area contributed by atoms with Gasteiger partial charge in [0.25, 0.3) is 0 Å². The lowest BCUT2D eigenvalue weighted by Crippen LogP contribution is -1.96. The van der Waals surface area contributed by atoms with E-state index in [4.69, 9.17) is 13.5 Å². The summed E-state index contributed by atoms with van der Waals surface area (Å²) in [5.74, 6) is 0.569. The Balaban J connectivity index is 2.82. The summed E-state index contributed by atoms with van der Waals surface area (Å²) in [6.45, 7) is 0. The molecule has 80 valence electrons. The van der Waals surface area contributed by atoms with Gasteiger partial charge in [-0.3, -0.25) is 4.57 Å². The normalized spacial score (nSPS) is 11.6. The molecule has 1 heterocycles. The first kappa shape index (κ1) is 11.3. The van der Waals surface area contributed by atoms with E-state index in [-0.39, 0.29) is 6.16 Å². The highest BCUT2D eigenvalue weighted by molar-refractivity contribution is 7.52. The van der Waals surface area contributed by atoms with E-state index in [0.29, 0.717) is 5.76 Å². The standard InChI is InChI=1S/C8H14NO4P/c1-9-7-4-5-13-8(7)6-14(10,11-2)12-3/h4-5,9H,6H2,1-3H3. The van der Waals surface area contributed by atoms with Gasteiger partial charge in [-0.2, -0.15) is 0 Å². The third kappa shape index (κ3) is 2.38. The molecule has 0 aliphatic carbocycles. The zero-order valence-electron chi connectivity index (χ0n) is 8.44. The van der Waals surface area contributed by atoms with Gasteiger partial charge in [0.2, 0.25) is 0 Å². The van der Waals surface area contributed by atoms with E-state index in [1.165, 1.54) is 20.5 Å². The van der Waals surface area contributed by atoms with Crippen LogP contribution in [0.15, 0.2) is 16.7 Å². The van der Waals surface area contributed by atoms with E-state index in [1.807, 2.05) is 0 Å². The molecule has 1 rings (SSSR count). The molecule has 1 N–H and O–H groups in total. The van der Waals surface area contributed by atoms with Gasteiger partial charge in [0, 0.05) is 21.3 Å². The first-order chi connectivity index (χ1) is 6.65.